The van der Waals surface area contributed by atoms with Crippen molar-refractivity contribution in [2.45, 2.75) is 51.1 Å². The molecule has 4 rings (SSSR count). The molecule has 1 aliphatic heterocycles. The summed E-state index contributed by atoms with van der Waals surface area (Å²) in [6, 6.07) is 10.1. The largest absolute Gasteiger partial charge is 0.334 e. The van der Waals surface area contributed by atoms with Crippen LogP contribution < -0.4 is 5.32 Å². The first kappa shape index (κ1) is 17.1. The van der Waals surface area contributed by atoms with Crippen LogP contribution in [0.25, 0.3) is 0 Å². The van der Waals surface area contributed by atoms with Crippen molar-refractivity contribution in [1.29, 1.82) is 0 Å². The second-order valence-corrected chi connectivity index (χ2v) is 7.66. The van der Waals surface area contributed by atoms with E-state index < -0.39 is 0 Å². The standard InChI is InChI=1S/C21H28N4O/c26-21(23-14-17-6-2-1-3-7-17)25-12-5-10-19(16-25)20-22-11-13-24(20)15-18-8-4-9-18/h1-3,6-7,11,13,18-19H,4-5,8-10,12,14-16H2,(H,23,26). The van der Waals surface area contributed by atoms with Crippen LogP contribution in [0.1, 0.15) is 49.4 Å². The Morgan fingerprint density at radius 3 is 2.77 bits per heavy atom. The van der Waals surface area contributed by atoms with Crippen LogP contribution in [0.5, 0.6) is 0 Å². The molecule has 2 aromatic rings. The molecule has 1 unspecified atom stereocenters. The SMILES string of the molecule is O=C(NCc1ccccc1)N1CCCC(c2nccn2CC2CCC2)C1. The molecule has 5 heteroatoms. The summed E-state index contributed by atoms with van der Waals surface area (Å²) in [7, 11) is 0. The molecule has 138 valence electrons. The molecule has 1 atom stereocenters. The lowest BCUT2D eigenvalue weighted by molar-refractivity contribution is 0.176. The number of carbonyl (C=O) groups excluding carboxylic acids is 1. The third-order valence-electron chi connectivity index (χ3n) is 5.79. The monoisotopic (exact) mass is 352 g/mol. The predicted molar refractivity (Wildman–Crippen MR) is 102 cm³/mol. The van der Waals surface area contributed by atoms with E-state index >= 15 is 0 Å². The Morgan fingerprint density at radius 1 is 1.15 bits per heavy atom. The summed E-state index contributed by atoms with van der Waals surface area (Å²) in [6.45, 7) is 3.27. The Labute approximate surface area is 155 Å². The zero-order chi connectivity index (χ0) is 17.8. The van der Waals surface area contributed by atoms with Crippen LogP contribution in [0, 0.1) is 5.92 Å². The Morgan fingerprint density at radius 2 is 2.00 bits per heavy atom. The molecule has 0 bridgehead atoms. The number of nitrogens with one attached hydrogen (secondary N) is 1. The van der Waals surface area contributed by atoms with Crippen molar-refractivity contribution in [3.63, 3.8) is 0 Å². The van der Waals surface area contributed by atoms with E-state index in [0.29, 0.717) is 12.5 Å². The second-order valence-electron chi connectivity index (χ2n) is 7.66. The molecule has 1 N–H and O–H groups in total. The third-order valence-corrected chi connectivity index (χ3v) is 5.79. The third kappa shape index (κ3) is 3.92. The molecule has 2 fully saturated rings. The van der Waals surface area contributed by atoms with Crippen LogP contribution in [-0.4, -0.2) is 33.6 Å². The Bertz CT molecular complexity index is 723. The van der Waals surface area contributed by atoms with Gasteiger partial charge in [0.15, 0.2) is 0 Å². The average Bonchev–Trinajstić information content (AvgIpc) is 3.12. The first-order valence-electron chi connectivity index (χ1n) is 9.87. The van der Waals surface area contributed by atoms with Gasteiger partial charge in [0.1, 0.15) is 5.82 Å². The smallest absolute Gasteiger partial charge is 0.317 e. The van der Waals surface area contributed by atoms with E-state index in [1.807, 2.05) is 41.4 Å². The highest BCUT2D eigenvalue weighted by Gasteiger charge is 2.28. The quantitative estimate of drug-likeness (QED) is 0.890. The molecule has 1 aromatic heterocycles. The van der Waals surface area contributed by atoms with Crippen molar-refractivity contribution in [1.82, 2.24) is 19.8 Å². The number of piperidine rings is 1. The van der Waals surface area contributed by atoms with Crippen LogP contribution >= 0.6 is 0 Å². The number of hydrogen-bond acceptors (Lipinski definition) is 2. The fourth-order valence-corrected chi connectivity index (χ4v) is 4.05. The molecule has 1 aromatic carbocycles. The Balaban J connectivity index is 1.35. The van der Waals surface area contributed by atoms with Gasteiger partial charge < -0.3 is 14.8 Å². The number of benzene rings is 1. The highest BCUT2D eigenvalue weighted by atomic mass is 16.2. The van der Waals surface area contributed by atoms with E-state index in [-0.39, 0.29) is 6.03 Å². The maximum absolute atomic E-state index is 12.6. The number of nitrogens with zero attached hydrogens (tertiary/aromatic N) is 3. The van der Waals surface area contributed by atoms with Gasteiger partial charge >= 0.3 is 6.03 Å². The molecular weight excluding hydrogens is 324 g/mol. The van der Waals surface area contributed by atoms with Crippen molar-refractivity contribution < 1.29 is 4.79 Å². The molecule has 2 aliphatic rings. The van der Waals surface area contributed by atoms with E-state index in [4.69, 9.17) is 0 Å². The van der Waals surface area contributed by atoms with Gasteiger partial charge in [0.25, 0.3) is 0 Å². The van der Waals surface area contributed by atoms with Crippen molar-refractivity contribution >= 4 is 6.03 Å². The summed E-state index contributed by atoms with van der Waals surface area (Å²) >= 11 is 0. The minimum Gasteiger partial charge on any atom is -0.334 e. The van der Waals surface area contributed by atoms with Gasteiger partial charge in [-0.25, -0.2) is 9.78 Å². The number of urea groups is 1. The minimum atomic E-state index is 0.0376. The Kier molecular flexibility index (Phi) is 5.23. The van der Waals surface area contributed by atoms with Crippen LogP contribution in [0.4, 0.5) is 4.79 Å². The van der Waals surface area contributed by atoms with Crippen LogP contribution in [0.15, 0.2) is 42.7 Å². The number of rotatable bonds is 5. The van der Waals surface area contributed by atoms with Crippen LogP contribution in [-0.2, 0) is 13.1 Å². The maximum Gasteiger partial charge on any atom is 0.317 e. The van der Waals surface area contributed by atoms with Gasteiger partial charge in [-0.15, -0.1) is 0 Å². The maximum atomic E-state index is 12.6. The minimum absolute atomic E-state index is 0.0376. The topological polar surface area (TPSA) is 50.2 Å². The van der Waals surface area contributed by atoms with E-state index in [0.717, 1.165) is 49.8 Å². The first-order valence-corrected chi connectivity index (χ1v) is 9.87. The number of carbonyl (C=O) groups is 1. The lowest BCUT2D eigenvalue weighted by Crippen LogP contribution is -2.45. The highest BCUT2D eigenvalue weighted by molar-refractivity contribution is 5.74. The lowest BCUT2D eigenvalue weighted by atomic mass is 9.85. The predicted octanol–water partition coefficient (Wildman–Crippen LogP) is 3.77. The molecule has 2 heterocycles. The molecule has 26 heavy (non-hydrogen) atoms. The van der Waals surface area contributed by atoms with E-state index in [1.54, 1.807) is 0 Å². The van der Waals surface area contributed by atoms with Gasteiger partial charge in [-0.05, 0) is 37.2 Å². The van der Waals surface area contributed by atoms with E-state index in [9.17, 15) is 4.79 Å². The van der Waals surface area contributed by atoms with Gasteiger partial charge in [0.2, 0.25) is 0 Å². The van der Waals surface area contributed by atoms with Gasteiger partial charge in [-0.3, -0.25) is 0 Å². The molecule has 1 aliphatic carbocycles. The molecule has 2 amide bonds. The van der Waals surface area contributed by atoms with Crippen molar-refractivity contribution in [3.8, 4) is 0 Å². The van der Waals surface area contributed by atoms with Crippen molar-refractivity contribution in [3.05, 3.63) is 54.1 Å². The van der Waals surface area contributed by atoms with Gasteiger partial charge in [-0.1, -0.05) is 36.8 Å². The van der Waals surface area contributed by atoms with E-state index in [2.05, 4.69) is 21.1 Å². The summed E-state index contributed by atoms with van der Waals surface area (Å²) in [5.41, 5.74) is 1.13. The van der Waals surface area contributed by atoms with E-state index in [1.165, 1.54) is 19.3 Å². The second kappa shape index (κ2) is 7.94. The fraction of sp³-hybridized carbons (Fsp3) is 0.524. The Hall–Kier alpha value is -2.30. The average molecular weight is 352 g/mol. The first-order chi connectivity index (χ1) is 12.8. The van der Waals surface area contributed by atoms with Gasteiger partial charge in [-0.2, -0.15) is 0 Å². The molecule has 0 radical (unpaired) electrons. The van der Waals surface area contributed by atoms with Crippen molar-refractivity contribution in [2.24, 2.45) is 5.92 Å². The number of hydrogen-bond donors (Lipinski definition) is 1. The molecule has 1 saturated carbocycles. The number of imidazole rings is 1. The number of likely N-dealkylation sites (tertiary alicyclic amines) is 1. The number of aromatic nitrogens is 2. The normalized spacial score (nSPS) is 20.6. The fourth-order valence-electron chi connectivity index (χ4n) is 4.05. The van der Waals surface area contributed by atoms with Gasteiger partial charge in [0, 0.05) is 44.5 Å². The zero-order valence-electron chi connectivity index (χ0n) is 15.3. The van der Waals surface area contributed by atoms with Gasteiger partial charge in [0.05, 0.1) is 0 Å². The summed E-state index contributed by atoms with van der Waals surface area (Å²) in [4.78, 5) is 19.2. The molecular formula is C21H28N4O. The summed E-state index contributed by atoms with van der Waals surface area (Å²) < 4.78 is 2.33. The van der Waals surface area contributed by atoms with Crippen LogP contribution in [0.3, 0.4) is 0 Å². The van der Waals surface area contributed by atoms with Crippen LogP contribution in [0.2, 0.25) is 0 Å². The lowest BCUT2D eigenvalue weighted by Gasteiger charge is -2.33. The molecule has 5 nitrogen and oxygen atoms in total. The molecule has 0 spiro atoms. The molecule has 1 saturated heterocycles. The highest BCUT2D eigenvalue weighted by Crippen LogP contribution is 2.31. The summed E-state index contributed by atoms with van der Waals surface area (Å²) in [6.07, 6.45) is 10.2. The summed E-state index contributed by atoms with van der Waals surface area (Å²) in [5, 5.41) is 3.06. The summed E-state index contributed by atoms with van der Waals surface area (Å²) in [5.74, 6) is 2.33. The zero-order valence-corrected chi connectivity index (χ0v) is 15.3. The number of amides is 2. The van der Waals surface area contributed by atoms with Crippen molar-refractivity contribution in [2.75, 3.05) is 13.1 Å².